The first kappa shape index (κ1) is 13.4. The summed E-state index contributed by atoms with van der Waals surface area (Å²) < 4.78 is 0. The lowest BCUT2D eigenvalue weighted by atomic mass is 10.3. The first-order valence-electron chi connectivity index (χ1n) is 6.54. The Hall–Kier alpha value is -1.56. The summed E-state index contributed by atoms with van der Waals surface area (Å²) in [6, 6.07) is 29.8. The summed E-state index contributed by atoms with van der Waals surface area (Å²) in [5.74, 6) is 0. The number of hydrogen-bond acceptors (Lipinski definition) is 1. The molecule has 0 aliphatic rings. The Morgan fingerprint density at radius 3 is 1.50 bits per heavy atom. The van der Waals surface area contributed by atoms with Crippen LogP contribution >= 0.6 is 20.6 Å². The fourth-order valence-corrected chi connectivity index (χ4v) is 5.03. The summed E-state index contributed by atoms with van der Waals surface area (Å²) in [4.78, 5) is 1.06. The van der Waals surface area contributed by atoms with E-state index in [9.17, 15) is 0 Å². The molecule has 0 atom stereocenters. The van der Waals surface area contributed by atoms with Gasteiger partial charge in [-0.05, 0) is 29.9 Å². The van der Waals surface area contributed by atoms with E-state index >= 15 is 0 Å². The second-order valence-electron chi connectivity index (χ2n) is 4.50. The van der Waals surface area contributed by atoms with Crippen LogP contribution in [0.3, 0.4) is 0 Å². The molecule has 0 bridgehead atoms. The predicted molar refractivity (Wildman–Crippen MR) is 92.4 cm³/mol. The number of thiol groups is 1. The van der Waals surface area contributed by atoms with Crippen LogP contribution in [0.1, 0.15) is 0 Å². The van der Waals surface area contributed by atoms with Gasteiger partial charge in [-0.1, -0.05) is 78.9 Å². The van der Waals surface area contributed by atoms with E-state index in [1.807, 2.05) is 6.07 Å². The van der Waals surface area contributed by atoms with Crippen LogP contribution in [-0.2, 0) is 0 Å². The molecular formula is C18H15PS. The Morgan fingerprint density at radius 1 is 0.550 bits per heavy atom. The summed E-state index contributed by atoms with van der Waals surface area (Å²) in [6.45, 7) is 0. The van der Waals surface area contributed by atoms with E-state index in [2.05, 4.69) is 91.5 Å². The Kier molecular flexibility index (Phi) is 4.20. The highest BCUT2D eigenvalue weighted by atomic mass is 32.1. The van der Waals surface area contributed by atoms with E-state index in [1.165, 1.54) is 15.9 Å². The van der Waals surface area contributed by atoms with Crippen molar-refractivity contribution in [3.63, 3.8) is 0 Å². The lowest BCUT2D eigenvalue weighted by Crippen LogP contribution is -2.21. The van der Waals surface area contributed by atoms with E-state index < -0.39 is 7.92 Å². The van der Waals surface area contributed by atoms with Gasteiger partial charge in [0, 0.05) is 4.90 Å². The molecule has 0 heterocycles. The third-order valence-corrected chi connectivity index (χ3v) is 6.22. The molecule has 0 N–H and O–H groups in total. The Morgan fingerprint density at radius 2 is 1.00 bits per heavy atom. The van der Waals surface area contributed by atoms with Crippen molar-refractivity contribution in [1.29, 1.82) is 0 Å². The van der Waals surface area contributed by atoms with Gasteiger partial charge in [-0.3, -0.25) is 0 Å². The summed E-state index contributed by atoms with van der Waals surface area (Å²) in [7, 11) is -0.543. The third-order valence-electron chi connectivity index (χ3n) is 3.15. The van der Waals surface area contributed by atoms with Gasteiger partial charge in [0.05, 0.1) is 0 Å². The quantitative estimate of drug-likeness (QED) is 0.552. The second-order valence-corrected chi connectivity index (χ2v) is 7.16. The van der Waals surface area contributed by atoms with Crippen LogP contribution < -0.4 is 15.9 Å². The molecular weight excluding hydrogens is 279 g/mol. The van der Waals surface area contributed by atoms with Crippen LogP contribution in [0.4, 0.5) is 0 Å². The maximum Gasteiger partial charge on any atom is 0.0124 e. The highest BCUT2D eigenvalue weighted by molar-refractivity contribution is 7.84. The minimum atomic E-state index is -0.543. The highest BCUT2D eigenvalue weighted by Crippen LogP contribution is 2.34. The average Bonchev–Trinajstić information content (AvgIpc) is 2.52. The fourth-order valence-electron chi connectivity index (χ4n) is 2.23. The topological polar surface area (TPSA) is 0 Å². The molecule has 98 valence electrons. The maximum absolute atomic E-state index is 4.65. The lowest BCUT2D eigenvalue weighted by molar-refractivity contribution is 1.54. The van der Waals surface area contributed by atoms with Gasteiger partial charge < -0.3 is 0 Å². The molecule has 20 heavy (non-hydrogen) atoms. The number of rotatable bonds is 3. The van der Waals surface area contributed by atoms with Crippen molar-refractivity contribution in [1.82, 2.24) is 0 Å². The van der Waals surface area contributed by atoms with Crippen LogP contribution in [-0.4, -0.2) is 0 Å². The molecule has 2 heteroatoms. The summed E-state index contributed by atoms with van der Waals surface area (Å²) in [5, 5.41) is 4.02. The molecule has 0 saturated carbocycles. The van der Waals surface area contributed by atoms with Crippen molar-refractivity contribution < 1.29 is 0 Å². The Balaban J connectivity index is 2.17. The molecule has 0 aliphatic heterocycles. The van der Waals surface area contributed by atoms with Crippen molar-refractivity contribution in [3.8, 4) is 0 Å². The minimum Gasteiger partial charge on any atom is -0.143 e. The minimum absolute atomic E-state index is 0.543. The zero-order valence-electron chi connectivity index (χ0n) is 11.0. The van der Waals surface area contributed by atoms with Crippen molar-refractivity contribution >= 4 is 36.5 Å². The van der Waals surface area contributed by atoms with E-state index in [1.54, 1.807) is 0 Å². The molecule has 0 aliphatic carbocycles. The monoisotopic (exact) mass is 294 g/mol. The molecule has 3 aromatic rings. The van der Waals surface area contributed by atoms with E-state index in [0.717, 1.165) is 4.90 Å². The van der Waals surface area contributed by atoms with Gasteiger partial charge in [0.15, 0.2) is 0 Å². The smallest absolute Gasteiger partial charge is 0.0124 e. The highest BCUT2D eigenvalue weighted by Gasteiger charge is 2.17. The van der Waals surface area contributed by atoms with E-state index in [-0.39, 0.29) is 0 Å². The zero-order chi connectivity index (χ0) is 13.8. The van der Waals surface area contributed by atoms with Gasteiger partial charge in [-0.25, -0.2) is 0 Å². The van der Waals surface area contributed by atoms with Crippen molar-refractivity contribution in [2.24, 2.45) is 0 Å². The molecule has 3 aromatic carbocycles. The summed E-state index contributed by atoms with van der Waals surface area (Å²) in [5.41, 5.74) is 0. The van der Waals surface area contributed by atoms with Gasteiger partial charge >= 0.3 is 0 Å². The molecule has 0 aromatic heterocycles. The van der Waals surface area contributed by atoms with Gasteiger partial charge in [-0.2, -0.15) is 0 Å². The largest absolute Gasteiger partial charge is 0.143 e. The van der Waals surface area contributed by atoms with Crippen LogP contribution in [0, 0.1) is 0 Å². The molecule has 0 nitrogen and oxygen atoms in total. The molecule has 0 unspecified atom stereocenters. The molecule has 0 amide bonds. The van der Waals surface area contributed by atoms with Crippen LogP contribution in [0.15, 0.2) is 89.8 Å². The van der Waals surface area contributed by atoms with Gasteiger partial charge in [0.2, 0.25) is 0 Å². The molecule has 0 spiro atoms. The fraction of sp³-hybridized carbons (Fsp3) is 0. The average molecular weight is 294 g/mol. The van der Waals surface area contributed by atoms with E-state index in [4.69, 9.17) is 0 Å². The molecule has 0 fully saturated rings. The maximum atomic E-state index is 4.65. The van der Waals surface area contributed by atoms with Gasteiger partial charge in [0.1, 0.15) is 0 Å². The van der Waals surface area contributed by atoms with Crippen LogP contribution in [0.25, 0.3) is 0 Å². The number of hydrogen-bond donors (Lipinski definition) is 1. The van der Waals surface area contributed by atoms with Crippen LogP contribution in [0.5, 0.6) is 0 Å². The first-order valence-corrected chi connectivity index (χ1v) is 8.33. The predicted octanol–water partition coefficient (Wildman–Crippen LogP) is 3.73. The Labute approximate surface area is 126 Å². The molecule has 0 radical (unpaired) electrons. The summed E-state index contributed by atoms with van der Waals surface area (Å²) >= 11 is 4.65. The van der Waals surface area contributed by atoms with Crippen molar-refractivity contribution in [2.75, 3.05) is 0 Å². The van der Waals surface area contributed by atoms with Crippen molar-refractivity contribution in [2.45, 2.75) is 4.90 Å². The standard InChI is InChI=1S/C18H15PS/c20-18-14-8-7-13-17(18)19(15-9-3-1-4-10-15)16-11-5-2-6-12-16/h1-14,20H. The molecule has 0 saturated heterocycles. The van der Waals surface area contributed by atoms with Crippen molar-refractivity contribution in [3.05, 3.63) is 84.9 Å². The first-order chi connectivity index (χ1) is 9.86. The van der Waals surface area contributed by atoms with Gasteiger partial charge in [-0.15, -0.1) is 12.6 Å². The lowest BCUT2D eigenvalue weighted by Gasteiger charge is -2.20. The SMILES string of the molecule is Sc1ccccc1P(c1ccccc1)c1ccccc1. The number of benzene rings is 3. The van der Waals surface area contributed by atoms with Crippen LogP contribution in [0.2, 0.25) is 0 Å². The second kappa shape index (κ2) is 6.26. The zero-order valence-corrected chi connectivity index (χ0v) is 12.8. The normalized spacial score (nSPS) is 10.7. The van der Waals surface area contributed by atoms with Gasteiger partial charge in [0.25, 0.3) is 0 Å². The Bertz CT molecular complexity index is 641. The third kappa shape index (κ3) is 2.80. The molecule has 3 rings (SSSR count). The summed E-state index contributed by atoms with van der Waals surface area (Å²) in [6.07, 6.45) is 0. The van der Waals surface area contributed by atoms with E-state index in [0.29, 0.717) is 0 Å².